The molecule has 0 heterocycles. The van der Waals surface area contributed by atoms with Crippen molar-refractivity contribution in [1.82, 2.24) is 0 Å². The quantitative estimate of drug-likeness (QED) is 0.0261. The van der Waals surface area contributed by atoms with Gasteiger partial charge in [0.1, 0.15) is 13.2 Å². The van der Waals surface area contributed by atoms with Gasteiger partial charge in [-0.05, 0) is 57.8 Å². The van der Waals surface area contributed by atoms with Crippen LogP contribution in [0.15, 0.2) is 24.3 Å². The van der Waals surface area contributed by atoms with Crippen molar-refractivity contribution in [2.75, 3.05) is 13.2 Å². The van der Waals surface area contributed by atoms with Crippen molar-refractivity contribution in [3.05, 3.63) is 24.3 Å². The molecule has 0 bridgehead atoms. The summed E-state index contributed by atoms with van der Waals surface area (Å²) in [6.07, 6.45) is 75.4. The number of rotatable bonds is 61. The maximum absolute atomic E-state index is 12.8. The van der Waals surface area contributed by atoms with Crippen LogP contribution in [0.25, 0.3) is 0 Å². The van der Waals surface area contributed by atoms with E-state index < -0.39 is 6.10 Å². The molecule has 0 aromatic rings. The molecule has 6 nitrogen and oxygen atoms in total. The molecule has 0 N–H and O–H groups in total. The van der Waals surface area contributed by atoms with E-state index >= 15 is 0 Å². The number of allylic oxidation sites excluding steroid dienone is 4. The van der Waals surface area contributed by atoms with Gasteiger partial charge < -0.3 is 14.2 Å². The third kappa shape index (κ3) is 60.6. The number of carbonyl (C=O) groups is 3. The first-order chi connectivity index (χ1) is 36.0. The largest absolute Gasteiger partial charge is 0.462 e. The molecule has 0 amide bonds. The van der Waals surface area contributed by atoms with Crippen LogP contribution >= 0.6 is 0 Å². The first-order valence-electron chi connectivity index (χ1n) is 32.8. The van der Waals surface area contributed by atoms with Crippen LogP contribution < -0.4 is 0 Å². The minimum absolute atomic E-state index is 0.0736. The van der Waals surface area contributed by atoms with E-state index in [9.17, 15) is 14.4 Å². The lowest BCUT2D eigenvalue weighted by Crippen LogP contribution is -2.30. The Morgan fingerprint density at radius 2 is 0.479 bits per heavy atom. The Labute approximate surface area is 455 Å². The average Bonchev–Trinajstić information content (AvgIpc) is 3.39. The maximum atomic E-state index is 12.8. The maximum Gasteiger partial charge on any atom is 0.306 e. The Bertz CT molecular complexity index is 1180. The Morgan fingerprint density at radius 1 is 0.260 bits per heavy atom. The zero-order chi connectivity index (χ0) is 52.9. The van der Waals surface area contributed by atoms with Crippen molar-refractivity contribution in [3.63, 3.8) is 0 Å². The average molecular weight is 1030 g/mol. The highest BCUT2D eigenvalue weighted by molar-refractivity contribution is 5.71. The third-order valence-corrected chi connectivity index (χ3v) is 14.9. The summed E-state index contributed by atoms with van der Waals surface area (Å²) in [6, 6.07) is 0. The van der Waals surface area contributed by atoms with Crippen LogP contribution in [-0.4, -0.2) is 37.2 Å². The van der Waals surface area contributed by atoms with Gasteiger partial charge >= 0.3 is 17.9 Å². The fraction of sp³-hybridized carbons (Fsp3) is 0.896. The van der Waals surface area contributed by atoms with Gasteiger partial charge in [0.05, 0.1) is 0 Å². The van der Waals surface area contributed by atoms with Crippen LogP contribution in [-0.2, 0) is 28.6 Å². The molecule has 0 rings (SSSR count). The van der Waals surface area contributed by atoms with Crippen molar-refractivity contribution >= 4 is 17.9 Å². The van der Waals surface area contributed by atoms with Gasteiger partial charge in [-0.2, -0.15) is 0 Å². The standard InChI is InChI=1S/C67H126O6/c1-4-7-10-13-16-19-22-23-24-25-26-27-28-29-30-31-32-33-34-35-36-37-38-39-40-41-42-43-44-45-46-49-51-54-57-60-66(69)72-63-64(73-67(70)61-58-55-52-48-21-18-15-12-9-6-3)62-71-65(68)59-56-53-50-47-20-17-14-11-8-5-2/h11-12,14-15,64H,4-10,13,16-63H2,1-3H3/b14-11-,15-12-. The molecule has 0 saturated carbocycles. The van der Waals surface area contributed by atoms with E-state index in [0.29, 0.717) is 19.3 Å². The zero-order valence-electron chi connectivity index (χ0n) is 49.4. The highest BCUT2D eigenvalue weighted by Gasteiger charge is 2.19. The highest BCUT2D eigenvalue weighted by atomic mass is 16.6. The summed E-state index contributed by atoms with van der Waals surface area (Å²) >= 11 is 0. The summed E-state index contributed by atoms with van der Waals surface area (Å²) in [5.41, 5.74) is 0. The number of hydrogen-bond acceptors (Lipinski definition) is 6. The van der Waals surface area contributed by atoms with E-state index in [1.165, 1.54) is 238 Å². The number of ether oxygens (including phenoxy) is 3. The van der Waals surface area contributed by atoms with Crippen LogP contribution in [0.3, 0.4) is 0 Å². The van der Waals surface area contributed by atoms with Gasteiger partial charge in [0, 0.05) is 19.3 Å². The highest BCUT2D eigenvalue weighted by Crippen LogP contribution is 2.19. The monoisotopic (exact) mass is 1030 g/mol. The molecular weight excluding hydrogens is 901 g/mol. The van der Waals surface area contributed by atoms with Crippen LogP contribution in [0, 0.1) is 0 Å². The molecule has 6 heteroatoms. The fourth-order valence-electron chi connectivity index (χ4n) is 9.98. The molecule has 0 aliphatic carbocycles. The molecule has 0 spiro atoms. The van der Waals surface area contributed by atoms with Crippen molar-refractivity contribution in [1.29, 1.82) is 0 Å². The minimum atomic E-state index is -0.774. The molecule has 0 aliphatic rings. The first-order valence-corrected chi connectivity index (χ1v) is 32.8. The Kier molecular flexibility index (Phi) is 60.6. The Balaban J connectivity index is 3.87. The molecule has 73 heavy (non-hydrogen) atoms. The summed E-state index contributed by atoms with van der Waals surface area (Å²) < 4.78 is 16.8. The zero-order valence-corrected chi connectivity index (χ0v) is 49.4. The third-order valence-electron chi connectivity index (χ3n) is 14.9. The lowest BCUT2D eigenvalue weighted by atomic mass is 10.0. The van der Waals surface area contributed by atoms with E-state index in [-0.39, 0.29) is 31.1 Å². The van der Waals surface area contributed by atoms with Crippen LogP contribution in [0.2, 0.25) is 0 Å². The summed E-state index contributed by atoms with van der Waals surface area (Å²) in [6.45, 7) is 6.55. The SMILES string of the molecule is CCC/C=C\CCCCCCCC(=O)OCC(COC(=O)CCCCCCCCCCCCCCCCCCCCCCCCCCCCCCCCCCCCC)OC(=O)CCCCCCC/C=C\CCC. The van der Waals surface area contributed by atoms with Gasteiger partial charge in [0.25, 0.3) is 0 Å². The predicted octanol–water partition coefficient (Wildman–Crippen LogP) is 22.2. The van der Waals surface area contributed by atoms with Crippen molar-refractivity contribution in [3.8, 4) is 0 Å². The van der Waals surface area contributed by atoms with Gasteiger partial charge in [0.15, 0.2) is 6.10 Å². The Morgan fingerprint density at radius 3 is 0.740 bits per heavy atom. The van der Waals surface area contributed by atoms with Crippen molar-refractivity contribution in [2.24, 2.45) is 0 Å². The fourth-order valence-corrected chi connectivity index (χ4v) is 9.98. The van der Waals surface area contributed by atoms with E-state index in [0.717, 1.165) is 89.9 Å². The lowest BCUT2D eigenvalue weighted by Gasteiger charge is -2.18. The van der Waals surface area contributed by atoms with Crippen molar-refractivity contribution in [2.45, 2.75) is 374 Å². The Hall–Kier alpha value is -2.11. The first kappa shape index (κ1) is 70.9. The van der Waals surface area contributed by atoms with Gasteiger partial charge in [-0.15, -0.1) is 0 Å². The molecule has 0 radical (unpaired) electrons. The number of unbranched alkanes of at least 4 members (excludes halogenated alkanes) is 46. The second-order valence-electron chi connectivity index (χ2n) is 22.4. The van der Waals surface area contributed by atoms with Gasteiger partial charge in [-0.3, -0.25) is 14.4 Å². The summed E-state index contributed by atoms with van der Waals surface area (Å²) in [7, 11) is 0. The second kappa shape index (κ2) is 62.4. The molecule has 430 valence electrons. The molecule has 0 fully saturated rings. The van der Waals surface area contributed by atoms with Gasteiger partial charge in [-0.25, -0.2) is 0 Å². The van der Waals surface area contributed by atoms with Crippen molar-refractivity contribution < 1.29 is 28.6 Å². The van der Waals surface area contributed by atoms with Gasteiger partial charge in [0.2, 0.25) is 0 Å². The molecule has 1 unspecified atom stereocenters. The lowest BCUT2D eigenvalue weighted by molar-refractivity contribution is -0.167. The molecule has 1 atom stereocenters. The second-order valence-corrected chi connectivity index (χ2v) is 22.4. The van der Waals surface area contributed by atoms with E-state index in [1.54, 1.807) is 0 Å². The smallest absolute Gasteiger partial charge is 0.306 e. The van der Waals surface area contributed by atoms with E-state index in [1.807, 2.05) is 0 Å². The molecular formula is C67H126O6. The van der Waals surface area contributed by atoms with E-state index in [4.69, 9.17) is 14.2 Å². The minimum Gasteiger partial charge on any atom is -0.462 e. The van der Waals surface area contributed by atoms with Gasteiger partial charge in [-0.1, -0.05) is 315 Å². The predicted molar refractivity (Wildman–Crippen MR) is 316 cm³/mol. The summed E-state index contributed by atoms with van der Waals surface area (Å²) in [5, 5.41) is 0. The van der Waals surface area contributed by atoms with Crippen LogP contribution in [0.4, 0.5) is 0 Å². The number of esters is 3. The molecule has 0 aliphatic heterocycles. The molecule has 0 saturated heterocycles. The topological polar surface area (TPSA) is 78.9 Å². The van der Waals surface area contributed by atoms with Crippen LogP contribution in [0.5, 0.6) is 0 Å². The number of hydrogen-bond donors (Lipinski definition) is 0. The number of carbonyl (C=O) groups excluding carboxylic acids is 3. The molecule has 0 aromatic heterocycles. The normalized spacial score (nSPS) is 12.1. The molecule has 0 aromatic carbocycles. The summed E-state index contributed by atoms with van der Waals surface area (Å²) in [5.74, 6) is -0.879. The summed E-state index contributed by atoms with van der Waals surface area (Å²) in [4.78, 5) is 38.0. The van der Waals surface area contributed by atoms with E-state index in [2.05, 4.69) is 45.1 Å². The van der Waals surface area contributed by atoms with Crippen LogP contribution in [0.1, 0.15) is 367 Å².